The van der Waals surface area contributed by atoms with Gasteiger partial charge in [0, 0.05) is 0 Å². The van der Waals surface area contributed by atoms with Gasteiger partial charge in [0.05, 0.1) is 36.3 Å². The number of benzene rings is 2. The summed E-state index contributed by atoms with van der Waals surface area (Å²) in [7, 11) is 0. The van der Waals surface area contributed by atoms with E-state index < -0.39 is 11.6 Å². The summed E-state index contributed by atoms with van der Waals surface area (Å²) >= 11 is 0. The molecule has 0 spiro atoms. The quantitative estimate of drug-likeness (QED) is 0.302. The average Bonchev–Trinajstić information content (AvgIpc) is 3.15. The van der Waals surface area contributed by atoms with Crippen LogP contribution in [0.3, 0.4) is 0 Å². The standard InChI is InChI=1S/C22H24F2O2.W/c1-2-3-12-25-21-10-8-17(13-19(21)23)18-9-11-22(20(24)14-18)26-15-16-6-4-5-7-16;/h8-11,16H,2-7,12,15H2,1H3;/q-2;+2. The Hall–Kier alpha value is -1.41. The topological polar surface area (TPSA) is 18.5 Å². The second-order valence-electron chi connectivity index (χ2n) is 6.76. The summed E-state index contributed by atoms with van der Waals surface area (Å²) in [4.78, 5) is 0. The minimum absolute atomic E-state index is 0. The van der Waals surface area contributed by atoms with Gasteiger partial charge in [0.2, 0.25) is 0 Å². The van der Waals surface area contributed by atoms with Crippen LogP contribution in [-0.4, -0.2) is 13.2 Å². The van der Waals surface area contributed by atoms with Gasteiger partial charge >= 0.3 is 21.1 Å². The Morgan fingerprint density at radius 2 is 1.48 bits per heavy atom. The number of hydrogen-bond acceptors (Lipinski definition) is 2. The Bertz CT molecular complexity index is 730. The zero-order valence-electron chi connectivity index (χ0n) is 15.5. The van der Waals surface area contributed by atoms with E-state index in [9.17, 15) is 8.78 Å². The van der Waals surface area contributed by atoms with Crippen molar-refractivity contribution < 1.29 is 39.3 Å². The first kappa shape index (κ1) is 21.9. The molecule has 2 aromatic carbocycles. The third kappa shape index (κ3) is 6.04. The average molecular weight is 542 g/mol. The Kier molecular flexibility index (Phi) is 8.76. The Labute approximate surface area is 174 Å². The van der Waals surface area contributed by atoms with E-state index in [0.717, 1.165) is 25.7 Å². The summed E-state index contributed by atoms with van der Waals surface area (Å²) in [6, 6.07) is 11.7. The van der Waals surface area contributed by atoms with E-state index in [2.05, 4.69) is 12.1 Å². The molecule has 0 bridgehead atoms. The number of halogens is 2. The number of unbranched alkanes of at least 4 members (excludes halogenated alkanes) is 1. The largest absolute Gasteiger partial charge is 2.00 e. The van der Waals surface area contributed by atoms with E-state index in [0.29, 0.717) is 30.3 Å². The molecule has 2 aromatic rings. The van der Waals surface area contributed by atoms with Crippen molar-refractivity contribution in [2.24, 2.45) is 5.92 Å². The molecule has 0 N–H and O–H groups in total. The van der Waals surface area contributed by atoms with E-state index in [1.54, 1.807) is 24.3 Å². The molecule has 27 heavy (non-hydrogen) atoms. The molecule has 0 heterocycles. The van der Waals surface area contributed by atoms with Gasteiger partial charge < -0.3 is 9.47 Å². The zero-order valence-corrected chi connectivity index (χ0v) is 18.5. The van der Waals surface area contributed by atoms with Crippen LogP contribution in [0.5, 0.6) is 11.5 Å². The van der Waals surface area contributed by atoms with E-state index >= 15 is 0 Å². The molecule has 0 atom stereocenters. The Balaban J connectivity index is 0.00000261. The smallest absolute Gasteiger partial charge is 0.534 e. The molecule has 0 radical (unpaired) electrons. The monoisotopic (exact) mass is 542 g/mol. The van der Waals surface area contributed by atoms with Crippen LogP contribution in [0.1, 0.15) is 45.4 Å². The maximum Gasteiger partial charge on any atom is 2.00 e. The zero-order chi connectivity index (χ0) is 18.4. The molecule has 144 valence electrons. The Morgan fingerprint density at radius 1 is 0.926 bits per heavy atom. The molecular formula is C22H24F2O2W. The molecule has 5 heteroatoms. The number of rotatable bonds is 8. The van der Waals surface area contributed by atoms with Crippen LogP contribution in [0.25, 0.3) is 11.1 Å². The van der Waals surface area contributed by atoms with Crippen LogP contribution in [0, 0.1) is 29.7 Å². The third-order valence-electron chi connectivity index (χ3n) is 4.72. The van der Waals surface area contributed by atoms with Crippen molar-refractivity contribution in [3.63, 3.8) is 0 Å². The molecule has 0 aromatic heterocycles. The van der Waals surface area contributed by atoms with Crippen LogP contribution < -0.4 is 9.47 Å². The van der Waals surface area contributed by atoms with Gasteiger partial charge in [-0.25, -0.2) is 19.9 Å². The summed E-state index contributed by atoms with van der Waals surface area (Å²) in [6.45, 7) is 3.05. The van der Waals surface area contributed by atoms with Crippen molar-refractivity contribution in [3.8, 4) is 22.6 Å². The van der Waals surface area contributed by atoms with Crippen molar-refractivity contribution >= 4 is 0 Å². The van der Waals surface area contributed by atoms with E-state index in [-0.39, 0.29) is 32.6 Å². The molecule has 2 nitrogen and oxygen atoms in total. The van der Waals surface area contributed by atoms with Crippen LogP contribution >= 0.6 is 0 Å². The third-order valence-corrected chi connectivity index (χ3v) is 4.72. The molecule has 0 unspecified atom stereocenters. The van der Waals surface area contributed by atoms with E-state index in [1.807, 2.05) is 6.92 Å². The van der Waals surface area contributed by atoms with Gasteiger partial charge in [0.25, 0.3) is 0 Å². The van der Waals surface area contributed by atoms with Crippen LogP contribution in [-0.2, 0) is 21.1 Å². The van der Waals surface area contributed by atoms with Gasteiger partial charge in [-0.2, -0.15) is 24.3 Å². The summed E-state index contributed by atoms with van der Waals surface area (Å²) in [5.74, 6) is -0.261. The summed E-state index contributed by atoms with van der Waals surface area (Å²) < 4.78 is 39.4. The minimum atomic E-state index is -0.575. The molecule has 1 saturated carbocycles. The van der Waals surface area contributed by atoms with Gasteiger partial charge in [-0.3, -0.25) is 0 Å². The molecule has 0 saturated heterocycles. The number of hydrogen-bond donors (Lipinski definition) is 0. The first-order chi connectivity index (χ1) is 12.7. The Morgan fingerprint density at radius 3 is 2.00 bits per heavy atom. The van der Waals surface area contributed by atoms with Gasteiger partial charge in [-0.05, 0) is 25.2 Å². The van der Waals surface area contributed by atoms with E-state index in [1.165, 1.54) is 12.8 Å². The minimum Gasteiger partial charge on any atom is -0.534 e. The van der Waals surface area contributed by atoms with Crippen molar-refractivity contribution in [3.05, 3.63) is 48.0 Å². The first-order valence-electron chi connectivity index (χ1n) is 9.37. The molecular weight excluding hydrogens is 518 g/mol. The van der Waals surface area contributed by atoms with Crippen LogP contribution in [0.4, 0.5) is 8.78 Å². The van der Waals surface area contributed by atoms with Crippen molar-refractivity contribution in [1.82, 2.24) is 0 Å². The van der Waals surface area contributed by atoms with Crippen LogP contribution in [0.15, 0.2) is 24.3 Å². The first-order valence-corrected chi connectivity index (χ1v) is 9.37. The summed E-state index contributed by atoms with van der Waals surface area (Å²) in [5.41, 5.74) is 0.876. The molecule has 3 rings (SSSR count). The fraction of sp³-hybridized carbons (Fsp3) is 0.455. The second kappa shape index (κ2) is 10.8. The molecule has 0 aliphatic heterocycles. The normalized spacial score (nSPS) is 14.0. The molecule has 1 aliphatic rings. The van der Waals surface area contributed by atoms with Gasteiger partial charge in [0.1, 0.15) is 0 Å². The maximum absolute atomic E-state index is 14.3. The molecule has 1 aliphatic carbocycles. The van der Waals surface area contributed by atoms with Gasteiger partial charge in [-0.1, -0.05) is 26.2 Å². The van der Waals surface area contributed by atoms with E-state index in [4.69, 9.17) is 9.47 Å². The summed E-state index contributed by atoms with van der Waals surface area (Å²) in [6.07, 6.45) is 6.58. The second-order valence-corrected chi connectivity index (χ2v) is 6.76. The van der Waals surface area contributed by atoms with Gasteiger partial charge in [-0.15, -0.1) is 12.1 Å². The fourth-order valence-electron chi connectivity index (χ4n) is 3.16. The molecule has 1 fully saturated rings. The summed E-state index contributed by atoms with van der Waals surface area (Å²) in [5, 5.41) is 0. The SMILES string of the molecule is CCCCOc1ccc(-c2[c-]c(F)c(OCC3CCCC3)cc2)[c-]c1F.[W+2]. The predicted octanol–water partition coefficient (Wildman–Crippen LogP) is 5.98. The van der Waals surface area contributed by atoms with Crippen molar-refractivity contribution in [2.75, 3.05) is 13.2 Å². The van der Waals surface area contributed by atoms with Crippen LogP contribution in [0.2, 0.25) is 0 Å². The van der Waals surface area contributed by atoms with Crippen molar-refractivity contribution in [2.45, 2.75) is 45.4 Å². The van der Waals surface area contributed by atoms with Gasteiger partial charge in [0.15, 0.2) is 0 Å². The van der Waals surface area contributed by atoms with Crippen molar-refractivity contribution in [1.29, 1.82) is 0 Å². The predicted molar refractivity (Wildman–Crippen MR) is 97.3 cm³/mol. The maximum atomic E-state index is 14.3. The molecule has 0 amide bonds. The number of ether oxygens (including phenoxy) is 2. The fourth-order valence-corrected chi connectivity index (χ4v) is 3.16.